The van der Waals surface area contributed by atoms with Gasteiger partial charge in [0.2, 0.25) is 11.8 Å². The standard InChI is InChI=1S/C32H38N6O4/c1-22-10-15-27(34(2)3)25(16-22)19-36-20-29-37(28(31(36)41)17-23-11-13-26(39)14-12-23)30(40)21-35(4)38(29)32(42)33-18-24-8-6-5-7-9-24/h5-16,28-29,39H,17-21H2,1-4H3,(H,33,42)/t28-,29+/m0/s1. The maximum Gasteiger partial charge on any atom is 0.334 e. The van der Waals surface area contributed by atoms with E-state index in [2.05, 4.69) is 11.4 Å². The third-order valence-electron chi connectivity index (χ3n) is 7.88. The van der Waals surface area contributed by atoms with Gasteiger partial charge in [-0.1, -0.05) is 60.2 Å². The minimum atomic E-state index is -0.813. The second kappa shape index (κ2) is 12.1. The van der Waals surface area contributed by atoms with Crippen molar-refractivity contribution >= 4 is 23.5 Å². The molecule has 3 aromatic carbocycles. The molecule has 0 spiro atoms. The number of phenolic OH excluding ortho intramolecular Hbond substituents is 1. The topological polar surface area (TPSA) is 99.7 Å². The van der Waals surface area contributed by atoms with E-state index in [1.165, 1.54) is 0 Å². The van der Waals surface area contributed by atoms with Crippen LogP contribution in [0.5, 0.6) is 5.75 Å². The van der Waals surface area contributed by atoms with E-state index in [0.717, 1.165) is 27.9 Å². The zero-order chi connectivity index (χ0) is 30.0. The Bertz CT molecular complexity index is 1450. The van der Waals surface area contributed by atoms with Gasteiger partial charge in [0.15, 0.2) is 0 Å². The van der Waals surface area contributed by atoms with E-state index in [4.69, 9.17) is 0 Å². The number of rotatable bonds is 7. The number of benzene rings is 3. The third kappa shape index (κ3) is 6.03. The van der Waals surface area contributed by atoms with Crippen molar-refractivity contribution in [1.82, 2.24) is 25.1 Å². The van der Waals surface area contributed by atoms with E-state index in [-0.39, 0.29) is 43.1 Å². The molecule has 0 saturated carbocycles. The molecule has 3 aromatic rings. The number of hydrogen-bond donors (Lipinski definition) is 2. The number of hydrazine groups is 1. The lowest BCUT2D eigenvalue weighted by atomic mass is 9.98. The maximum absolute atomic E-state index is 14.2. The fourth-order valence-electron chi connectivity index (χ4n) is 5.84. The molecule has 42 heavy (non-hydrogen) atoms. The third-order valence-corrected chi connectivity index (χ3v) is 7.88. The molecule has 2 saturated heterocycles. The van der Waals surface area contributed by atoms with Crippen LogP contribution in [-0.4, -0.2) is 89.2 Å². The number of phenols is 1. The maximum atomic E-state index is 14.2. The Hall–Kier alpha value is -4.57. The van der Waals surface area contributed by atoms with E-state index >= 15 is 0 Å². The normalized spacial score (nSPS) is 19.1. The first kappa shape index (κ1) is 28.9. The van der Waals surface area contributed by atoms with Crippen molar-refractivity contribution in [2.75, 3.05) is 39.1 Å². The zero-order valence-corrected chi connectivity index (χ0v) is 24.5. The van der Waals surface area contributed by atoms with Gasteiger partial charge >= 0.3 is 6.03 Å². The molecular weight excluding hydrogens is 532 g/mol. The Balaban J connectivity index is 1.49. The number of carbonyl (C=O) groups is 3. The van der Waals surface area contributed by atoms with Gasteiger partial charge in [0.1, 0.15) is 18.0 Å². The molecule has 0 radical (unpaired) electrons. The molecular formula is C32H38N6O4. The molecule has 2 heterocycles. The Morgan fingerprint density at radius 1 is 1.00 bits per heavy atom. The first-order valence-electron chi connectivity index (χ1n) is 14.1. The zero-order valence-electron chi connectivity index (χ0n) is 24.5. The summed E-state index contributed by atoms with van der Waals surface area (Å²) in [4.78, 5) is 46.8. The van der Waals surface area contributed by atoms with Gasteiger partial charge in [0, 0.05) is 46.3 Å². The average Bonchev–Trinajstić information content (AvgIpc) is 2.95. The lowest BCUT2D eigenvalue weighted by molar-refractivity contribution is -0.187. The van der Waals surface area contributed by atoms with Crippen molar-refractivity contribution < 1.29 is 19.5 Å². The second-order valence-electron chi connectivity index (χ2n) is 11.2. The summed E-state index contributed by atoms with van der Waals surface area (Å²) >= 11 is 0. The van der Waals surface area contributed by atoms with Crippen LogP contribution in [0.25, 0.3) is 0 Å². The molecule has 0 aromatic heterocycles. The molecule has 2 aliphatic rings. The first-order valence-corrected chi connectivity index (χ1v) is 14.1. The Morgan fingerprint density at radius 2 is 1.71 bits per heavy atom. The molecule has 2 aliphatic heterocycles. The number of anilines is 1. The highest BCUT2D eigenvalue weighted by Crippen LogP contribution is 2.30. The van der Waals surface area contributed by atoms with Crippen LogP contribution in [0.15, 0.2) is 72.8 Å². The van der Waals surface area contributed by atoms with Gasteiger partial charge in [-0.3, -0.25) is 9.59 Å². The largest absolute Gasteiger partial charge is 0.508 e. The first-order chi connectivity index (χ1) is 20.1. The summed E-state index contributed by atoms with van der Waals surface area (Å²) in [6, 6.07) is 21.3. The predicted octanol–water partition coefficient (Wildman–Crippen LogP) is 2.95. The minimum Gasteiger partial charge on any atom is -0.508 e. The van der Waals surface area contributed by atoms with Crippen molar-refractivity contribution in [2.24, 2.45) is 0 Å². The number of hydrogen-bond acceptors (Lipinski definition) is 6. The van der Waals surface area contributed by atoms with Crippen molar-refractivity contribution in [3.05, 3.63) is 95.1 Å². The number of carbonyl (C=O) groups excluding carboxylic acids is 3. The highest BCUT2D eigenvalue weighted by Gasteiger charge is 2.50. The van der Waals surface area contributed by atoms with Crippen LogP contribution in [0.4, 0.5) is 10.5 Å². The van der Waals surface area contributed by atoms with Crippen molar-refractivity contribution in [3.63, 3.8) is 0 Å². The van der Waals surface area contributed by atoms with Gasteiger partial charge in [-0.2, -0.15) is 0 Å². The molecule has 10 heteroatoms. The molecule has 220 valence electrons. The number of aromatic hydroxyl groups is 1. The summed E-state index contributed by atoms with van der Waals surface area (Å²) in [7, 11) is 5.65. The quantitative estimate of drug-likeness (QED) is 0.453. The molecule has 0 bridgehead atoms. The minimum absolute atomic E-state index is 0.0305. The second-order valence-corrected chi connectivity index (χ2v) is 11.2. The lowest BCUT2D eigenvalue weighted by Gasteiger charge is -2.54. The number of fused-ring (bicyclic) bond motifs is 1. The number of piperazine rings is 1. The summed E-state index contributed by atoms with van der Waals surface area (Å²) in [6.45, 7) is 2.82. The van der Waals surface area contributed by atoms with Gasteiger partial charge in [-0.15, -0.1) is 0 Å². The lowest BCUT2D eigenvalue weighted by Crippen LogP contribution is -2.76. The van der Waals surface area contributed by atoms with E-state index in [9.17, 15) is 19.5 Å². The SMILES string of the molecule is Cc1ccc(N(C)C)c(CN2C[C@@H]3N(C(=O)CN(C)N3C(=O)NCc3ccccc3)[C@@H](Cc3ccc(O)cc3)C2=O)c1. The summed E-state index contributed by atoms with van der Waals surface area (Å²) < 4.78 is 0. The number of nitrogens with zero attached hydrogens (tertiary/aromatic N) is 5. The molecule has 2 atom stereocenters. The van der Waals surface area contributed by atoms with Gasteiger partial charge in [-0.05, 0) is 41.8 Å². The fourth-order valence-corrected chi connectivity index (χ4v) is 5.84. The highest BCUT2D eigenvalue weighted by atomic mass is 16.3. The van der Waals surface area contributed by atoms with E-state index in [0.29, 0.717) is 13.1 Å². The van der Waals surface area contributed by atoms with Crippen LogP contribution in [0.2, 0.25) is 0 Å². The summed E-state index contributed by atoms with van der Waals surface area (Å²) in [6.07, 6.45) is -0.436. The number of aryl methyl sites for hydroxylation is 1. The number of urea groups is 1. The molecule has 10 nitrogen and oxygen atoms in total. The summed E-state index contributed by atoms with van der Waals surface area (Å²) in [5, 5.41) is 16.0. The molecule has 2 fully saturated rings. The smallest absolute Gasteiger partial charge is 0.334 e. The fraction of sp³-hybridized carbons (Fsp3) is 0.344. The van der Waals surface area contributed by atoms with Crippen LogP contribution in [-0.2, 0) is 29.1 Å². The van der Waals surface area contributed by atoms with E-state index < -0.39 is 12.2 Å². The number of nitrogens with one attached hydrogen (secondary N) is 1. The molecule has 0 unspecified atom stereocenters. The summed E-state index contributed by atoms with van der Waals surface area (Å²) in [5.74, 6) is -0.259. The van der Waals surface area contributed by atoms with Crippen LogP contribution in [0.3, 0.4) is 0 Å². The number of amides is 4. The Labute approximate surface area is 246 Å². The monoisotopic (exact) mass is 570 g/mol. The van der Waals surface area contributed by atoms with Crippen molar-refractivity contribution in [3.8, 4) is 5.75 Å². The van der Waals surface area contributed by atoms with Gasteiger partial charge in [-0.25, -0.2) is 14.8 Å². The van der Waals surface area contributed by atoms with Crippen LogP contribution < -0.4 is 10.2 Å². The predicted molar refractivity (Wildman–Crippen MR) is 160 cm³/mol. The van der Waals surface area contributed by atoms with E-state index in [1.54, 1.807) is 51.1 Å². The molecule has 4 amide bonds. The number of likely N-dealkylation sites (N-methyl/N-ethyl adjacent to an activating group) is 1. The van der Waals surface area contributed by atoms with Crippen LogP contribution in [0.1, 0.15) is 22.3 Å². The van der Waals surface area contributed by atoms with Gasteiger partial charge in [0.25, 0.3) is 0 Å². The van der Waals surface area contributed by atoms with Crippen LogP contribution >= 0.6 is 0 Å². The van der Waals surface area contributed by atoms with Crippen molar-refractivity contribution in [2.45, 2.75) is 38.6 Å². The van der Waals surface area contributed by atoms with Gasteiger partial charge < -0.3 is 25.1 Å². The van der Waals surface area contributed by atoms with E-state index in [1.807, 2.05) is 68.4 Å². The molecule has 5 rings (SSSR count). The molecule has 2 N–H and O–H groups in total. The van der Waals surface area contributed by atoms with Gasteiger partial charge in [0.05, 0.1) is 13.1 Å². The average molecular weight is 571 g/mol. The summed E-state index contributed by atoms with van der Waals surface area (Å²) in [5.41, 5.74) is 4.83. The van der Waals surface area contributed by atoms with Crippen LogP contribution in [0, 0.1) is 6.92 Å². The highest BCUT2D eigenvalue weighted by molar-refractivity contribution is 5.91. The van der Waals surface area contributed by atoms with Crippen molar-refractivity contribution in [1.29, 1.82) is 0 Å². The Morgan fingerprint density at radius 3 is 2.40 bits per heavy atom. The molecule has 0 aliphatic carbocycles. The Kier molecular flexibility index (Phi) is 8.35.